The van der Waals surface area contributed by atoms with Gasteiger partial charge in [-0.2, -0.15) is 0 Å². The number of primary amides is 5. The molecule has 19 amide bonds. The Morgan fingerprint density at radius 1 is 0.449 bits per heavy atom. The smallest absolute Gasteiger partial charge is 0.323 e. The lowest BCUT2D eigenvalue weighted by molar-refractivity contribution is -0.149. The number of aromatic nitrogens is 2. The van der Waals surface area contributed by atoms with Crippen molar-refractivity contribution >= 4 is 146 Å². The van der Waals surface area contributed by atoms with Gasteiger partial charge in [0.2, 0.25) is 112 Å². The van der Waals surface area contributed by atoms with Crippen molar-refractivity contribution in [1.29, 1.82) is 0 Å². The molecule has 4 aliphatic heterocycles. The first-order valence-corrected chi connectivity index (χ1v) is 45.8. The van der Waals surface area contributed by atoms with E-state index in [-0.39, 0.29) is 76.4 Å². The number of fused-ring (bicyclic) bond motifs is 5. The maximum absolute atomic E-state index is 15.9. The number of rotatable bonds is 28. The van der Waals surface area contributed by atoms with Crippen LogP contribution in [0.3, 0.4) is 0 Å². The van der Waals surface area contributed by atoms with Gasteiger partial charge in [0, 0.05) is 119 Å². The van der Waals surface area contributed by atoms with Crippen molar-refractivity contribution in [3.63, 3.8) is 0 Å². The predicted molar refractivity (Wildman–Crippen MR) is 489 cm³/mol. The van der Waals surface area contributed by atoms with Gasteiger partial charge in [0.15, 0.2) is 0 Å². The van der Waals surface area contributed by atoms with Crippen molar-refractivity contribution in [2.24, 2.45) is 28.7 Å². The van der Waals surface area contributed by atoms with Crippen LogP contribution in [-0.4, -0.2) is 311 Å². The zero-order valence-corrected chi connectivity index (χ0v) is 77.1. The van der Waals surface area contributed by atoms with Crippen LogP contribution in [0.1, 0.15) is 159 Å². The van der Waals surface area contributed by atoms with Gasteiger partial charge in [0.25, 0.3) is 0 Å². The molecular weight excluding hydrogens is 1800 g/mol. The summed E-state index contributed by atoms with van der Waals surface area (Å²) in [6.45, 7) is 0.495. The molecule has 9 rings (SSSR count). The summed E-state index contributed by atoms with van der Waals surface area (Å²) in [6.07, 6.45) is -4.91. The molecule has 0 spiro atoms. The number of nitrogens with two attached hydrogens (primary N) is 5. The molecule has 4 aliphatic rings. The summed E-state index contributed by atoms with van der Waals surface area (Å²) >= 11 is 0. The standard InChI is InChI=1S/C91H123FN22O24/c1-5-7-19-66-83(130)101-57(30-33-76(121)122)80(127)108-64(78(97)125)43-98-44-75(120)100-61(36-48-24-26-51(92)27-25-48)89(136)112-34-14-13-22-67(112)85(132)107-63(41-74(96)119)90(137)113-35-15-23-68(113)84(131)102-56(28-31-71(93)116)79(126)103-58(29-32-72(94)117)88(135)114-46-52(115)39-70(114)86(133)105-59(37-49-42-99-55-18-11-9-16-53(49)55)81(128)104-60(40-73(95)118)82(129)106-62(87(134)110(4)69(20-8-6-2)91(138)109(66)3)38-50-45-111(47-77(123)124)65-21-12-10-17-54(50)65/h9-12,16-18,21,24-27,42,45,52,56-64,66-70,98-99,115H,5-8,13-15,19-20,22-23,28-41,43-44,46-47H2,1-4H3,(H2,93,116)(H2,94,117)(H2,95,118)(H2,96,119)(H2,97,125)(H,100,120)(H,101,130)(H,102,131)(H,103,126)(H,104,128)(H,105,133)(H,106,129)(H,107,132)(H,108,127)(H,121,122)(H,123,124)/t52-,56+,57+,58+,59+,60+,61+,62+,63+,64+,66+,67+,68+,69+,70+/m1/s1. The van der Waals surface area contributed by atoms with Crippen molar-refractivity contribution in [1.82, 2.24) is 87.2 Å². The number of hydrogen-bond acceptors (Lipinski definition) is 23. The summed E-state index contributed by atoms with van der Waals surface area (Å²) < 4.78 is 15.8. The number of aliphatic hydroxyl groups excluding tert-OH is 1. The van der Waals surface area contributed by atoms with Crippen molar-refractivity contribution in [2.45, 2.75) is 259 Å². The molecule has 138 heavy (non-hydrogen) atoms. The molecule has 0 saturated carbocycles. The highest BCUT2D eigenvalue weighted by molar-refractivity contribution is 6.03. The first-order chi connectivity index (χ1) is 65.6. The molecule has 0 bridgehead atoms. The zero-order valence-electron chi connectivity index (χ0n) is 77.1. The van der Waals surface area contributed by atoms with Crippen LogP contribution in [-0.2, 0) is 126 Å². The zero-order chi connectivity index (χ0) is 101. The second-order valence-corrected chi connectivity index (χ2v) is 35.1. The van der Waals surface area contributed by atoms with Gasteiger partial charge in [0.05, 0.1) is 25.5 Å². The van der Waals surface area contributed by atoms with Gasteiger partial charge in [-0.1, -0.05) is 88.1 Å². The SMILES string of the molecule is CCCC[C@H]1C(=O)N(C)[C@@H](CCCC)C(=O)N[C@@H](CCC(=O)O)C(=O)N[C@H](C(N)=O)CNCC(=O)N[C@@H](Cc2ccc(F)cc2)C(=O)N2CCCC[C@H]2C(=O)N[C@@H](CC(N)=O)C(=O)N2CCC[C@H]2C(=O)N[C@@H](CCC(N)=O)C(=O)N[C@@H](CCC(N)=O)C(=O)N2C[C@H](O)C[C@H]2C(=O)N[C@@H](Cc2c[nH]c3ccccc23)C(=O)N[C@@H](CC(N)=O)C(=O)N[C@@H](Cc2cn(CC(=O)O)c3ccccc23)C(=O)N1C. The van der Waals surface area contributed by atoms with Crippen LogP contribution in [0.25, 0.3) is 21.8 Å². The van der Waals surface area contributed by atoms with Crippen LogP contribution in [0.15, 0.2) is 85.2 Å². The van der Waals surface area contributed by atoms with E-state index >= 15 is 38.4 Å². The number of aliphatic carboxylic acids is 2. The minimum absolute atomic E-state index is 0.0725. The number of aromatic amines is 1. The van der Waals surface area contributed by atoms with Crippen molar-refractivity contribution < 1.29 is 120 Å². The van der Waals surface area contributed by atoms with Crippen molar-refractivity contribution in [3.8, 4) is 0 Å². The number of carbonyl (C=O) groups is 21. The molecule has 46 nitrogen and oxygen atoms in total. The number of likely N-dealkylation sites (N-methyl/N-ethyl adjacent to an activating group) is 2. The molecule has 0 unspecified atom stereocenters. The topological polar surface area (TPSA) is 706 Å². The summed E-state index contributed by atoms with van der Waals surface area (Å²) in [4.78, 5) is 309. The fourth-order valence-corrected chi connectivity index (χ4v) is 17.6. The Balaban J connectivity index is 1.12. The van der Waals surface area contributed by atoms with Crippen LogP contribution in [0, 0.1) is 5.82 Å². The number of piperidine rings is 1. The Hall–Kier alpha value is -14.5. The number of H-pyrrole nitrogens is 1. The number of amides is 19. The van der Waals surface area contributed by atoms with E-state index in [0.29, 0.717) is 52.2 Å². The van der Waals surface area contributed by atoms with Gasteiger partial charge < -0.3 is 131 Å². The Bertz CT molecular complexity index is 5360. The largest absolute Gasteiger partial charge is 0.481 e. The van der Waals surface area contributed by atoms with Crippen LogP contribution in [0.4, 0.5) is 4.39 Å². The van der Waals surface area contributed by atoms with Gasteiger partial charge in [0.1, 0.15) is 96.9 Å². The first-order valence-electron chi connectivity index (χ1n) is 45.8. The number of nitrogens with zero attached hydrogens (tertiary/aromatic N) is 6. The monoisotopic (exact) mass is 1930 g/mol. The lowest BCUT2D eigenvalue weighted by atomic mass is 9.97. The van der Waals surface area contributed by atoms with E-state index in [1.54, 1.807) is 62.4 Å². The molecule has 3 aromatic carbocycles. The molecule has 5 aromatic rings. The number of carbonyl (C=O) groups excluding carboxylic acids is 19. The number of para-hydroxylation sites is 2. The molecule has 0 radical (unpaired) electrons. The van der Waals surface area contributed by atoms with Crippen molar-refractivity contribution in [3.05, 3.63) is 108 Å². The molecule has 0 aliphatic carbocycles. The van der Waals surface area contributed by atoms with Gasteiger partial charge in [-0.05, 0) is 105 Å². The average molecular weight is 1930 g/mol. The highest BCUT2D eigenvalue weighted by Gasteiger charge is 2.48. The maximum atomic E-state index is 15.9. The van der Waals surface area contributed by atoms with E-state index in [4.69, 9.17) is 28.7 Å². The van der Waals surface area contributed by atoms with E-state index in [2.05, 4.69) is 58.2 Å². The van der Waals surface area contributed by atoms with Gasteiger partial charge in [-0.25, -0.2) is 4.39 Å². The summed E-state index contributed by atoms with van der Waals surface area (Å²) in [6, 6.07) is -6.36. The van der Waals surface area contributed by atoms with Gasteiger partial charge >= 0.3 is 11.9 Å². The van der Waals surface area contributed by atoms with Crippen LogP contribution in [0.2, 0.25) is 0 Å². The highest BCUT2D eigenvalue weighted by Crippen LogP contribution is 2.30. The number of halogens is 1. The lowest BCUT2D eigenvalue weighted by Gasteiger charge is -2.38. The van der Waals surface area contributed by atoms with E-state index in [1.807, 2.05) is 0 Å². The van der Waals surface area contributed by atoms with Gasteiger partial charge in [-0.15, -0.1) is 0 Å². The summed E-state index contributed by atoms with van der Waals surface area (Å²) in [7, 11) is 2.45. The summed E-state index contributed by atoms with van der Waals surface area (Å²) in [5, 5.41) is 57.8. The Kier molecular flexibility index (Phi) is 39.1. The van der Waals surface area contributed by atoms with E-state index in [1.165, 1.54) is 43.2 Å². The normalized spacial score (nSPS) is 24.9. The number of aliphatic hydroxyl groups is 1. The third-order valence-corrected chi connectivity index (χ3v) is 24.8. The Labute approximate surface area is 792 Å². The third kappa shape index (κ3) is 29.5. The number of benzene rings is 3. The first kappa shape index (κ1) is 107. The predicted octanol–water partition coefficient (Wildman–Crippen LogP) is -4.66. The highest BCUT2D eigenvalue weighted by atomic mass is 19.1. The minimum atomic E-state index is -2.07. The molecule has 748 valence electrons. The fourth-order valence-electron chi connectivity index (χ4n) is 17.6. The number of unbranched alkanes of at least 4 members (excludes halogenated alkanes) is 2. The minimum Gasteiger partial charge on any atom is -0.481 e. The molecular formula is C91H123FN22O24. The molecule has 2 aromatic heterocycles. The van der Waals surface area contributed by atoms with E-state index < -0.39 is 317 Å². The summed E-state index contributed by atoms with van der Waals surface area (Å²) in [5.74, 6) is -24.1. The number of carboxylic acids is 2. The Morgan fingerprint density at radius 2 is 0.942 bits per heavy atom. The molecule has 4 fully saturated rings. The van der Waals surface area contributed by atoms with Gasteiger partial charge in [-0.3, -0.25) is 101 Å². The van der Waals surface area contributed by atoms with Crippen molar-refractivity contribution in [2.75, 3.05) is 46.8 Å². The second kappa shape index (κ2) is 50.3. The molecule has 6 heterocycles. The fraction of sp³-hybridized carbons (Fsp3) is 0.527. The quantitative estimate of drug-likeness (QED) is 0.0224. The maximum Gasteiger partial charge on any atom is 0.323 e. The molecule has 47 heteroatoms. The van der Waals surface area contributed by atoms with Crippen LogP contribution >= 0.6 is 0 Å². The Morgan fingerprint density at radius 3 is 1.57 bits per heavy atom. The third-order valence-electron chi connectivity index (χ3n) is 24.8. The number of hydrogen-bond donors (Lipinski definition) is 19. The second-order valence-electron chi connectivity index (χ2n) is 35.1. The molecule has 4 saturated heterocycles. The van der Waals surface area contributed by atoms with E-state index in [0.717, 1.165) is 36.6 Å². The molecule has 24 N–H and O–H groups in total. The average Bonchev–Trinajstić information content (AvgIpc) is 1.68. The number of nitrogens with one attached hydrogen (secondary N) is 11. The van der Waals surface area contributed by atoms with E-state index in [9.17, 15) is 82.0 Å². The lowest BCUT2D eigenvalue weighted by Crippen LogP contribution is -2.62. The molecule has 15 atom stereocenters. The van der Waals surface area contributed by atoms with Crippen LogP contribution in [0.5, 0.6) is 0 Å². The van der Waals surface area contributed by atoms with Crippen LogP contribution < -0.4 is 81.8 Å². The number of carboxylic acid groups (broad SMARTS) is 2. The summed E-state index contributed by atoms with van der Waals surface area (Å²) in [5.41, 5.74) is 30.4.